The predicted molar refractivity (Wildman–Crippen MR) is 105 cm³/mol. The molecule has 2 heterocycles. The Kier molecular flexibility index (Phi) is 5.44. The lowest BCUT2D eigenvalue weighted by Crippen LogP contribution is -2.47. The number of hydrogen-bond donors (Lipinski definition) is 2. The molecule has 2 aromatic carbocycles. The summed E-state index contributed by atoms with van der Waals surface area (Å²) in [5.74, 6) is 2.08. The van der Waals surface area contributed by atoms with Gasteiger partial charge in [-0.3, -0.25) is 4.90 Å². The van der Waals surface area contributed by atoms with Crippen molar-refractivity contribution in [2.24, 2.45) is 0 Å². The number of rotatable bonds is 5. The highest BCUT2D eigenvalue weighted by Crippen LogP contribution is 2.38. The highest BCUT2D eigenvalue weighted by Gasteiger charge is 2.37. The average Bonchev–Trinajstić information content (AvgIpc) is 2.73. The molecule has 0 amide bonds. The fourth-order valence-electron chi connectivity index (χ4n) is 4.15. The first-order valence-corrected chi connectivity index (χ1v) is 9.75. The van der Waals surface area contributed by atoms with Gasteiger partial charge in [0.05, 0.1) is 13.2 Å². The maximum atomic E-state index is 11.3. The van der Waals surface area contributed by atoms with E-state index >= 15 is 0 Å². The second-order valence-corrected chi connectivity index (χ2v) is 7.49. The van der Waals surface area contributed by atoms with Crippen LogP contribution < -0.4 is 14.2 Å². The van der Waals surface area contributed by atoms with E-state index in [1.54, 1.807) is 7.11 Å². The highest BCUT2D eigenvalue weighted by atomic mass is 16.6. The van der Waals surface area contributed by atoms with Crippen LogP contribution in [0.1, 0.15) is 30.1 Å². The molecule has 6 nitrogen and oxygen atoms in total. The average molecular weight is 385 g/mol. The number of β-amino-alcohol motifs (C(OH)–C–C–N with tert-alkyl or cyclic N) is 2. The summed E-state index contributed by atoms with van der Waals surface area (Å²) in [5.41, 5.74) is 0.601. The van der Waals surface area contributed by atoms with Gasteiger partial charge < -0.3 is 24.4 Å². The summed E-state index contributed by atoms with van der Waals surface area (Å²) in [5, 5.41) is 22.1. The van der Waals surface area contributed by atoms with E-state index in [0.717, 1.165) is 24.1 Å². The van der Waals surface area contributed by atoms with Crippen molar-refractivity contribution < 1.29 is 24.4 Å². The molecule has 0 unspecified atom stereocenters. The summed E-state index contributed by atoms with van der Waals surface area (Å²) in [6.45, 7) is 2.79. The molecule has 2 aliphatic rings. The van der Waals surface area contributed by atoms with Crippen molar-refractivity contribution in [2.75, 3.05) is 40.0 Å². The maximum Gasteiger partial charge on any atom is 0.161 e. The van der Waals surface area contributed by atoms with Gasteiger partial charge in [0.2, 0.25) is 0 Å². The molecule has 2 aliphatic heterocycles. The van der Waals surface area contributed by atoms with Crippen LogP contribution in [0.25, 0.3) is 0 Å². The summed E-state index contributed by atoms with van der Waals surface area (Å²) in [6.07, 6.45) is 0.850. The SMILES string of the molecule is COc1ccccc1[C@@]1(O)CCCN(C[C@@H](O)c2ccc3c(c2)OCCO3)C1. The molecule has 2 atom stereocenters. The lowest BCUT2D eigenvalue weighted by atomic mass is 9.85. The molecule has 0 spiro atoms. The van der Waals surface area contributed by atoms with E-state index in [-0.39, 0.29) is 0 Å². The quantitative estimate of drug-likeness (QED) is 0.824. The molecule has 2 N–H and O–H groups in total. The molecule has 2 aromatic rings. The van der Waals surface area contributed by atoms with Crippen molar-refractivity contribution in [1.82, 2.24) is 4.90 Å². The first-order chi connectivity index (χ1) is 13.6. The number of ether oxygens (including phenoxy) is 3. The van der Waals surface area contributed by atoms with E-state index in [2.05, 4.69) is 4.90 Å². The van der Waals surface area contributed by atoms with Gasteiger partial charge in [-0.15, -0.1) is 0 Å². The number of methoxy groups -OCH3 is 1. The zero-order chi connectivity index (χ0) is 19.6. The van der Waals surface area contributed by atoms with Crippen LogP contribution in [0.15, 0.2) is 42.5 Å². The van der Waals surface area contributed by atoms with Gasteiger partial charge in [-0.2, -0.15) is 0 Å². The predicted octanol–water partition coefficient (Wildman–Crippen LogP) is 2.48. The third kappa shape index (κ3) is 3.81. The molecule has 28 heavy (non-hydrogen) atoms. The molecule has 0 saturated carbocycles. The largest absolute Gasteiger partial charge is 0.496 e. The number of benzene rings is 2. The lowest BCUT2D eigenvalue weighted by Gasteiger charge is -2.40. The molecule has 1 fully saturated rings. The molecular formula is C22H27NO5. The van der Waals surface area contributed by atoms with Crippen LogP contribution in [0.4, 0.5) is 0 Å². The van der Waals surface area contributed by atoms with Gasteiger partial charge in [-0.1, -0.05) is 24.3 Å². The van der Waals surface area contributed by atoms with E-state index < -0.39 is 11.7 Å². The molecule has 1 saturated heterocycles. The topological polar surface area (TPSA) is 71.4 Å². The zero-order valence-corrected chi connectivity index (χ0v) is 16.1. The molecule has 0 radical (unpaired) electrons. The van der Waals surface area contributed by atoms with Crippen molar-refractivity contribution in [2.45, 2.75) is 24.5 Å². The Bertz CT molecular complexity index is 826. The Morgan fingerprint density at radius 2 is 1.93 bits per heavy atom. The third-order valence-electron chi connectivity index (χ3n) is 5.54. The van der Waals surface area contributed by atoms with Crippen LogP contribution in [0.2, 0.25) is 0 Å². The van der Waals surface area contributed by atoms with Crippen LogP contribution in [-0.4, -0.2) is 55.1 Å². The summed E-state index contributed by atoms with van der Waals surface area (Å²) < 4.78 is 16.6. The summed E-state index contributed by atoms with van der Waals surface area (Å²) in [6, 6.07) is 13.2. The van der Waals surface area contributed by atoms with Crippen LogP contribution in [-0.2, 0) is 5.60 Å². The monoisotopic (exact) mass is 385 g/mol. The lowest BCUT2D eigenvalue weighted by molar-refractivity contribution is -0.0474. The third-order valence-corrected chi connectivity index (χ3v) is 5.54. The Labute approximate surface area is 165 Å². The fraction of sp³-hybridized carbons (Fsp3) is 0.455. The minimum atomic E-state index is -0.989. The molecule has 0 aliphatic carbocycles. The van der Waals surface area contributed by atoms with E-state index in [1.807, 2.05) is 42.5 Å². The number of nitrogens with zero attached hydrogens (tertiary/aromatic N) is 1. The van der Waals surface area contributed by atoms with E-state index in [0.29, 0.717) is 50.0 Å². The highest BCUT2D eigenvalue weighted by molar-refractivity contribution is 5.44. The normalized spacial score (nSPS) is 23.2. The number of piperidine rings is 1. The van der Waals surface area contributed by atoms with Crippen LogP contribution in [0, 0.1) is 0 Å². The summed E-state index contributed by atoms with van der Waals surface area (Å²) in [4.78, 5) is 2.11. The van der Waals surface area contributed by atoms with E-state index in [1.165, 1.54) is 0 Å². The first-order valence-electron chi connectivity index (χ1n) is 9.75. The van der Waals surface area contributed by atoms with Crippen molar-refractivity contribution in [3.8, 4) is 17.2 Å². The summed E-state index contributed by atoms with van der Waals surface area (Å²) in [7, 11) is 1.62. The standard InChI is InChI=1S/C22H27NO5/c1-26-19-6-3-2-5-17(19)22(25)9-4-10-23(15-22)14-18(24)16-7-8-20-21(13-16)28-12-11-27-20/h2-3,5-8,13,18,24-25H,4,9-12,14-15H2,1H3/t18-,22-/m1/s1. The van der Waals surface area contributed by atoms with Crippen molar-refractivity contribution in [3.63, 3.8) is 0 Å². The van der Waals surface area contributed by atoms with Gasteiger partial charge in [0, 0.05) is 18.7 Å². The van der Waals surface area contributed by atoms with Crippen molar-refractivity contribution >= 4 is 0 Å². The van der Waals surface area contributed by atoms with Gasteiger partial charge in [-0.25, -0.2) is 0 Å². The molecule has 6 heteroatoms. The van der Waals surface area contributed by atoms with Crippen LogP contribution in [0.5, 0.6) is 17.2 Å². The minimum absolute atomic E-state index is 0.442. The van der Waals surface area contributed by atoms with Gasteiger partial charge in [0.15, 0.2) is 11.5 Å². The van der Waals surface area contributed by atoms with Gasteiger partial charge in [0.1, 0.15) is 24.6 Å². The Morgan fingerprint density at radius 3 is 2.75 bits per heavy atom. The molecule has 0 aromatic heterocycles. The van der Waals surface area contributed by atoms with E-state index in [4.69, 9.17) is 14.2 Å². The van der Waals surface area contributed by atoms with Crippen LogP contribution >= 0.6 is 0 Å². The number of hydrogen-bond acceptors (Lipinski definition) is 6. The molecule has 150 valence electrons. The van der Waals surface area contributed by atoms with E-state index in [9.17, 15) is 10.2 Å². The maximum absolute atomic E-state index is 11.3. The van der Waals surface area contributed by atoms with Gasteiger partial charge in [0.25, 0.3) is 0 Å². The fourth-order valence-corrected chi connectivity index (χ4v) is 4.15. The smallest absolute Gasteiger partial charge is 0.161 e. The number of aliphatic hydroxyl groups excluding tert-OH is 1. The number of para-hydroxylation sites is 1. The van der Waals surface area contributed by atoms with Crippen LogP contribution in [0.3, 0.4) is 0 Å². The van der Waals surface area contributed by atoms with Crippen molar-refractivity contribution in [3.05, 3.63) is 53.6 Å². The molecule has 4 rings (SSSR count). The number of aliphatic hydroxyl groups is 2. The minimum Gasteiger partial charge on any atom is -0.496 e. The zero-order valence-electron chi connectivity index (χ0n) is 16.1. The Hall–Kier alpha value is -2.28. The second kappa shape index (κ2) is 7.99. The summed E-state index contributed by atoms with van der Waals surface area (Å²) >= 11 is 0. The second-order valence-electron chi connectivity index (χ2n) is 7.49. The molecular weight excluding hydrogens is 358 g/mol. The van der Waals surface area contributed by atoms with Gasteiger partial charge in [-0.05, 0) is 43.1 Å². The Morgan fingerprint density at radius 1 is 1.14 bits per heavy atom. The Balaban J connectivity index is 1.48. The molecule has 0 bridgehead atoms. The van der Waals surface area contributed by atoms with Gasteiger partial charge >= 0.3 is 0 Å². The van der Waals surface area contributed by atoms with Crippen molar-refractivity contribution in [1.29, 1.82) is 0 Å². The number of likely N-dealkylation sites (tertiary alicyclic amines) is 1. The number of fused-ring (bicyclic) bond motifs is 1. The first kappa shape index (κ1) is 19.1.